The maximum Gasteiger partial charge on any atom is 0.316 e. The monoisotopic (exact) mass is 376 g/mol. The molecule has 2 rings (SSSR count). The van der Waals surface area contributed by atoms with Gasteiger partial charge in [-0.05, 0) is 35.2 Å². The van der Waals surface area contributed by atoms with E-state index >= 15 is 0 Å². The second kappa shape index (κ2) is 9.79. The molecule has 2 aromatic carbocycles. The molecular weight excluding hydrogens is 352 g/mol. The summed E-state index contributed by atoms with van der Waals surface area (Å²) in [6.07, 6.45) is 0. The van der Waals surface area contributed by atoms with Gasteiger partial charge in [-0.1, -0.05) is 44.2 Å². The molecule has 1 unspecified atom stereocenters. The highest BCUT2D eigenvalue weighted by molar-refractivity contribution is 5.96. The van der Waals surface area contributed by atoms with Crippen LogP contribution < -0.4 is 22.1 Å². The van der Waals surface area contributed by atoms with E-state index < -0.39 is 6.03 Å². The molecular formula is C19H25ClN4O2. The molecule has 3 amide bonds. The summed E-state index contributed by atoms with van der Waals surface area (Å²) >= 11 is 0. The van der Waals surface area contributed by atoms with Gasteiger partial charge in [-0.15, -0.1) is 12.4 Å². The fraction of sp³-hybridized carbons (Fsp3) is 0.263. The van der Waals surface area contributed by atoms with Crippen LogP contribution in [0.5, 0.6) is 0 Å². The molecule has 0 spiro atoms. The van der Waals surface area contributed by atoms with E-state index in [1.165, 1.54) is 5.56 Å². The van der Waals surface area contributed by atoms with Crippen LogP contribution in [0, 0.1) is 0 Å². The van der Waals surface area contributed by atoms with Crippen molar-refractivity contribution in [3.63, 3.8) is 0 Å². The van der Waals surface area contributed by atoms with Crippen LogP contribution >= 0.6 is 12.4 Å². The molecule has 0 radical (unpaired) electrons. The van der Waals surface area contributed by atoms with E-state index in [4.69, 9.17) is 11.5 Å². The summed E-state index contributed by atoms with van der Waals surface area (Å²) in [5.41, 5.74) is 14.3. The van der Waals surface area contributed by atoms with Crippen LogP contribution in [-0.2, 0) is 0 Å². The summed E-state index contributed by atoms with van der Waals surface area (Å²) in [5.74, 6) is 0.202. The molecule has 26 heavy (non-hydrogen) atoms. The smallest absolute Gasteiger partial charge is 0.316 e. The first-order valence-corrected chi connectivity index (χ1v) is 8.17. The lowest BCUT2D eigenvalue weighted by Gasteiger charge is -2.15. The Labute approximate surface area is 159 Å². The number of amides is 3. The topological polar surface area (TPSA) is 110 Å². The number of primary amides is 1. The average Bonchev–Trinajstić information content (AvgIpc) is 2.59. The predicted octanol–water partition coefficient (Wildman–Crippen LogP) is 3.15. The first-order chi connectivity index (χ1) is 11.9. The Bertz CT molecular complexity index is 747. The zero-order valence-electron chi connectivity index (χ0n) is 14.9. The molecule has 0 aromatic heterocycles. The highest BCUT2D eigenvalue weighted by Crippen LogP contribution is 2.17. The SMILES string of the molecule is CC(C)c1ccc(C(N)CNC(=O)c2cccc(NC(N)=O)c2)cc1.Cl. The third-order valence-corrected chi connectivity index (χ3v) is 3.91. The largest absolute Gasteiger partial charge is 0.351 e. The lowest BCUT2D eigenvalue weighted by Crippen LogP contribution is -2.32. The molecule has 6 nitrogen and oxygen atoms in total. The van der Waals surface area contributed by atoms with E-state index in [1.54, 1.807) is 24.3 Å². The average molecular weight is 377 g/mol. The highest BCUT2D eigenvalue weighted by Gasteiger charge is 2.11. The Kier molecular flexibility index (Phi) is 8.09. The Hall–Kier alpha value is -2.57. The third-order valence-electron chi connectivity index (χ3n) is 3.91. The van der Waals surface area contributed by atoms with Gasteiger partial charge in [-0.3, -0.25) is 4.79 Å². The number of rotatable bonds is 6. The van der Waals surface area contributed by atoms with Gasteiger partial charge >= 0.3 is 6.03 Å². The number of hydrogen-bond acceptors (Lipinski definition) is 3. The van der Waals surface area contributed by atoms with Crippen molar-refractivity contribution in [3.8, 4) is 0 Å². The van der Waals surface area contributed by atoms with Crippen molar-refractivity contribution in [1.29, 1.82) is 0 Å². The molecule has 140 valence electrons. The molecule has 0 bridgehead atoms. The second-order valence-corrected chi connectivity index (χ2v) is 6.21. The van der Waals surface area contributed by atoms with Crippen LogP contribution in [0.3, 0.4) is 0 Å². The van der Waals surface area contributed by atoms with Gasteiger partial charge in [0.05, 0.1) is 0 Å². The van der Waals surface area contributed by atoms with Crippen molar-refractivity contribution in [3.05, 3.63) is 65.2 Å². The van der Waals surface area contributed by atoms with Crippen molar-refractivity contribution in [1.82, 2.24) is 5.32 Å². The number of hydrogen-bond donors (Lipinski definition) is 4. The number of nitrogens with two attached hydrogens (primary N) is 2. The first-order valence-electron chi connectivity index (χ1n) is 8.17. The summed E-state index contributed by atoms with van der Waals surface area (Å²) in [4.78, 5) is 23.1. The van der Waals surface area contributed by atoms with Crippen LogP contribution in [0.15, 0.2) is 48.5 Å². The van der Waals surface area contributed by atoms with Crippen LogP contribution in [0.2, 0.25) is 0 Å². The molecule has 0 fully saturated rings. The predicted molar refractivity (Wildman–Crippen MR) is 107 cm³/mol. The van der Waals surface area contributed by atoms with E-state index in [9.17, 15) is 9.59 Å². The molecule has 1 atom stereocenters. The van der Waals surface area contributed by atoms with Crippen LogP contribution in [0.4, 0.5) is 10.5 Å². The van der Waals surface area contributed by atoms with Gasteiger partial charge in [0, 0.05) is 23.8 Å². The van der Waals surface area contributed by atoms with Crippen molar-refractivity contribution in [2.75, 3.05) is 11.9 Å². The number of halogens is 1. The van der Waals surface area contributed by atoms with E-state index in [0.717, 1.165) is 5.56 Å². The van der Waals surface area contributed by atoms with Crippen molar-refractivity contribution in [2.45, 2.75) is 25.8 Å². The minimum Gasteiger partial charge on any atom is -0.351 e. The number of urea groups is 1. The van der Waals surface area contributed by atoms with Crippen LogP contribution in [0.25, 0.3) is 0 Å². The Morgan fingerprint density at radius 3 is 2.23 bits per heavy atom. The summed E-state index contributed by atoms with van der Waals surface area (Å²) in [6.45, 7) is 4.58. The van der Waals surface area contributed by atoms with Gasteiger partial charge in [0.15, 0.2) is 0 Å². The van der Waals surface area contributed by atoms with E-state index in [1.807, 2.05) is 12.1 Å². The van der Waals surface area contributed by atoms with Crippen molar-refractivity contribution >= 4 is 30.0 Å². The van der Waals surface area contributed by atoms with Crippen molar-refractivity contribution in [2.24, 2.45) is 11.5 Å². The van der Waals surface area contributed by atoms with Gasteiger partial charge in [-0.25, -0.2) is 4.79 Å². The highest BCUT2D eigenvalue weighted by atomic mass is 35.5. The first kappa shape index (κ1) is 21.5. The van der Waals surface area contributed by atoms with Gasteiger partial charge in [0.1, 0.15) is 0 Å². The van der Waals surface area contributed by atoms with Crippen LogP contribution in [-0.4, -0.2) is 18.5 Å². The fourth-order valence-electron chi connectivity index (χ4n) is 2.43. The Morgan fingerprint density at radius 1 is 1.04 bits per heavy atom. The standard InChI is InChI=1S/C19H24N4O2.ClH/c1-12(2)13-6-8-14(9-7-13)17(20)11-22-18(24)15-4-3-5-16(10-15)23-19(21)25;/h3-10,12,17H,11,20H2,1-2H3,(H,22,24)(H3,21,23,25);1H. The maximum atomic E-state index is 12.3. The van der Waals surface area contributed by atoms with E-state index in [2.05, 4.69) is 36.6 Å². The van der Waals surface area contributed by atoms with E-state index in [-0.39, 0.29) is 24.4 Å². The number of carbonyl (C=O) groups is 2. The van der Waals surface area contributed by atoms with Gasteiger partial charge in [0.25, 0.3) is 5.91 Å². The molecule has 6 N–H and O–H groups in total. The second-order valence-electron chi connectivity index (χ2n) is 6.21. The quantitative estimate of drug-likeness (QED) is 0.621. The third kappa shape index (κ3) is 6.06. The molecule has 0 aliphatic heterocycles. The van der Waals surface area contributed by atoms with Crippen molar-refractivity contribution < 1.29 is 9.59 Å². The molecule has 7 heteroatoms. The number of benzene rings is 2. The minimum atomic E-state index is -0.676. The molecule has 0 aliphatic rings. The zero-order valence-corrected chi connectivity index (χ0v) is 15.7. The minimum absolute atomic E-state index is 0. The maximum absolute atomic E-state index is 12.3. The summed E-state index contributed by atoms with van der Waals surface area (Å²) in [6, 6.07) is 13.7. The lowest BCUT2D eigenvalue weighted by atomic mass is 9.99. The van der Waals surface area contributed by atoms with Gasteiger partial charge in [0.2, 0.25) is 0 Å². The van der Waals surface area contributed by atoms with E-state index in [0.29, 0.717) is 23.7 Å². The number of nitrogens with one attached hydrogen (secondary N) is 2. The molecule has 0 aliphatic carbocycles. The number of carbonyl (C=O) groups excluding carboxylic acids is 2. The summed E-state index contributed by atoms with van der Waals surface area (Å²) in [5, 5.41) is 5.25. The summed E-state index contributed by atoms with van der Waals surface area (Å²) in [7, 11) is 0. The van der Waals surface area contributed by atoms with Gasteiger partial charge < -0.3 is 22.1 Å². The Balaban J connectivity index is 0.00000338. The number of anilines is 1. The zero-order chi connectivity index (χ0) is 18.4. The lowest BCUT2D eigenvalue weighted by molar-refractivity contribution is 0.0951. The Morgan fingerprint density at radius 2 is 1.65 bits per heavy atom. The normalized spacial score (nSPS) is 11.4. The molecule has 0 heterocycles. The molecule has 2 aromatic rings. The fourth-order valence-corrected chi connectivity index (χ4v) is 2.43. The van der Waals surface area contributed by atoms with Crippen LogP contribution in [0.1, 0.15) is 47.3 Å². The molecule has 0 saturated carbocycles. The summed E-state index contributed by atoms with van der Waals surface area (Å²) < 4.78 is 0. The van der Waals surface area contributed by atoms with Gasteiger partial charge in [-0.2, -0.15) is 0 Å². The molecule has 0 saturated heterocycles.